The second-order valence-electron chi connectivity index (χ2n) is 2.39. The largest absolute Gasteiger partial charge is 0.504 e. The molecule has 4 N–H and O–H groups in total. The molecule has 0 aromatic carbocycles. The number of hydrogen-bond acceptors (Lipinski definition) is 5. The van der Waals surface area contributed by atoms with Gasteiger partial charge in [-0.2, -0.15) is 0 Å². The number of carbonyl (C=O) groups excluding carboxylic acids is 1. The fourth-order valence-electron chi connectivity index (χ4n) is 0.936. The number of nitrogens with one attached hydrogen (secondary N) is 1. The van der Waals surface area contributed by atoms with Gasteiger partial charge in [-0.15, -0.1) is 0 Å². The lowest BCUT2D eigenvalue weighted by Gasteiger charge is -2.22. The van der Waals surface area contributed by atoms with Gasteiger partial charge >= 0.3 is 11.6 Å². The van der Waals surface area contributed by atoms with E-state index in [1.54, 1.807) is 0 Å². The van der Waals surface area contributed by atoms with Gasteiger partial charge in [-0.05, 0) is 12.2 Å². The van der Waals surface area contributed by atoms with Gasteiger partial charge in [0.05, 0.1) is 4.92 Å². The highest BCUT2D eigenvalue weighted by Crippen LogP contribution is 2.18. The van der Waals surface area contributed by atoms with Crippen LogP contribution in [0.15, 0.2) is 24.1 Å². The Morgan fingerprint density at radius 3 is 2.69 bits per heavy atom. The van der Waals surface area contributed by atoms with Crippen molar-refractivity contribution in [3.05, 3.63) is 34.2 Å². The zero-order valence-corrected chi connectivity index (χ0v) is 6.43. The minimum absolute atomic E-state index is 0.729. The summed E-state index contributed by atoms with van der Waals surface area (Å²) in [7, 11) is 0. The van der Waals surface area contributed by atoms with Crippen molar-refractivity contribution >= 4 is 5.91 Å². The molecule has 7 nitrogen and oxygen atoms in total. The van der Waals surface area contributed by atoms with Crippen LogP contribution in [0.25, 0.3) is 0 Å². The highest BCUT2D eigenvalue weighted by atomic mass is 16.6. The maximum atomic E-state index is 10.8. The van der Waals surface area contributed by atoms with E-state index in [1.165, 1.54) is 6.08 Å². The summed E-state index contributed by atoms with van der Waals surface area (Å²) in [5, 5.41) is 21.8. The van der Waals surface area contributed by atoms with Crippen molar-refractivity contribution in [2.45, 2.75) is 5.66 Å². The maximum Gasteiger partial charge on any atom is 0.428 e. The van der Waals surface area contributed by atoms with Crippen LogP contribution >= 0.6 is 0 Å². The predicted molar refractivity (Wildman–Crippen MR) is 41.9 cm³/mol. The first kappa shape index (κ1) is 9.04. The molecule has 0 spiro atoms. The number of nitrogens with zero attached hydrogens (tertiary/aromatic N) is 1. The Bertz CT molecular complexity index is 306. The van der Waals surface area contributed by atoms with Gasteiger partial charge in [0.25, 0.3) is 0 Å². The summed E-state index contributed by atoms with van der Waals surface area (Å²) < 4.78 is 0. The molecule has 1 heterocycles. The Morgan fingerprint density at radius 2 is 2.38 bits per heavy atom. The number of rotatable bonds is 2. The molecule has 70 valence electrons. The van der Waals surface area contributed by atoms with Gasteiger partial charge in [-0.3, -0.25) is 14.9 Å². The molecule has 1 atom stereocenters. The second-order valence-corrected chi connectivity index (χ2v) is 2.39. The molecule has 0 radical (unpaired) electrons. The molecule has 1 amide bonds. The molecule has 0 bridgehead atoms. The number of amides is 1. The van der Waals surface area contributed by atoms with E-state index in [1.807, 2.05) is 0 Å². The van der Waals surface area contributed by atoms with Gasteiger partial charge in [-0.1, -0.05) is 0 Å². The highest BCUT2D eigenvalue weighted by Gasteiger charge is 2.54. The molecule has 0 aliphatic carbocycles. The summed E-state index contributed by atoms with van der Waals surface area (Å²) in [4.78, 5) is 20.4. The van der Waals surface area contributed by atoms with E-state index in [-0.39, 0.29) is 0 Å². The molecule has 1 aliphatic heterocycles. The van der Waals surface area contributed by atoms with E-state index < -0.39 is 22.3 Å². The number of carbonyl (C=O) groups is 1. The van der Waals surface area contributed by atoms with Gasteiger partial charge in [0.1, 0.15) is 0 Å². The number of primary amides is 1. The smallest absolute Gasteiger partial charge is 0.428 e. The lowest BCUT2D eigenvalue weighted by Crippen LogP contribution is -2.61. The summed E-state index contributed by atoms with van der Waals surface area (Å²) >= 11 is 0. The SMILES string of the molecule is NC(=O)C1([N+](=O)[O-])NC=CC=C1O. The van der Waals surface area contributed by atoms with Gasteiger partial charge in [0.15, 0.2) is 0 Å². The van der Waals surface area contributed by atoms with Crippen LogP contribution in [0.5, 0.6) is 0 Å². The van der Waals surface area contributed by atoms with E-state index in [0.29, 0.717) is 0 Å². The van der Waals surface area contributed by atoms with Crippen molar-refractivity contribution in [1.82, 2.24) is 5.32 Å². The molecule has 0 aromatic heterocycles. The quantitative estimate of drug-likeness (QED) is 0.376. The van der Waals surface area contributed by atoms with Crippen LogP contribution in [-0.4, -0.2) is 21.6 Å². The molecular weight excluding hydrogens is 178 g/mol. The first-order valence-electron chi connectivity index (χ1n) is 3.30. The fourth-order valence-corrected chi connectivity index (χ4v) is 0.936. The highest BCUT2D eigenvalue weighted by molar-refractivity contribution is 5.86. The van der Waals surface area contributed by atoms with E-state index >= 15 is 0 Å². The molecule has 0 fully saturated rings. The molecule has 1 unspecified atom stereocenters. The lowest BCUT2D eigenvalue weighted by molar-refractivity contribution is -0.551. The van der Waals surface area contributed by atoms with Crippen molar-refractivity contribution in [3.8, 4) is 0 Å². The van der Waals surface area contributed by atoms with Crippen molar-refractivity contribution in [3.63, 3.8) is 0 Å². The Balaban J connectivity index is 3.21. The number of aliphatic hydroxyl groups excluding tert-OH is 1. The van der Waals surface area contributed by atoms with Crippen LogP contribution in [0.4, 0.5) is 0 Å². The van der Waals surface area contributed by atoms with E-state index in [4.69, 9.17) is 10.8 Å². The minimum atomic E-state index is -2.42. The zero-order valence-electron chi connectivity index (χ0n) is 6.43. The fraction of sp³-hybridized carbons (Fsp3) is 0.167. The van der Waals surface area contributed by atoms with Gasteiger partial charge in [0.2, 0.25) is 5.76 Å². The summed E-state index contributed by atoms with van der Waals surface area (Å²) in [6.07, 6.45) is 3.51. The minimum Gasteiger partial charge on any atom is -0.504 e. The summed E-state index contributed by atoms with van der Waals surface area (Å²) in [6.45, 7) is 0. The summed E-state index contributed by atoms with van der Waals surface area (Å²) in [5.74, 6) is -2.00. The molecule has 0 aromatic rings. The van der Waals surface area contributed by atoms with Crippen molar-refractivity contribution in [1.29, 1.82) is 0 Å². The first-order chi connectivity index (χ1) is 6.01. The molecule has 0 saturated heterocycles. The lowest BCUT2D eigenvalue weighted by atomic mass is 10.1. The third-order valence-corrected chi connectivity index (χ3v) is 1.64. The number of nitro groups is 1. The maximum absolute atomic E-state index is 10.8. The van der Waals surface area contributed by atoms with Crippen LogP contribution in [0.2, 0.25) is 0 Å². The van der Waals surface area contributed by atoms with E-state index in [9.17, 15) is 14.9 Å². The topological polar surface area (TPSA) is 118 Å². The zero-order chi connectivity index (χ0) is 10.1. The van der Waals surface area contributed by atoms with Crippen LogP contribution in [0, 0.1) is 10.1 Å². The number of hydrogen-bond donors (Lipinski definition) is 3. The third-order valence-electron chi connectivity index (χ3n) is 1.64. The van der Waals surface area contributed by atoms with Crippen LogP contribution in [-0.2, 0) is 4.79 Å². The number of allylic oxidation sites excluding steroid dienone is 2. The van der Waals surface area contributed by atoms with Crippen LogP contribution in [0.3, 0.4) is 0 Å². The predicted octanol–water partition coefficient (Wildman–Crippen LogP) is -0.996. The average Bonchev–Trinajstić information content (AvgIpc) is 2.04. The van der Waals surface area contributed by atoms with Gasteiger partial charge in [0, 0.05) is 6.20 Å². The molecule has 0 saturated carbocycles. The van der Waals surface area contributed by atoms with Crippen molar-refractivity contribution in [2.75, 3.05) is 0 Å². The van der Waals surface area contributed by atoms with Gasteiger partial charge < -0.3 is 16.2 Å². The second kappa shape index (κ2) is 2.77. The Labute approximate surface area is 72.7 Å². The van der Waals surface area contributed by atoms with E-state index in [2.05, 4.69) is 5.32 Å². The molecule has 7 heteroatoms. The molecule has 1 aliphatic rings. The first-order valence-corrected chi connectivity index (χ1v) is 3.30. The normalized spacial score (nSPS) is 26.0. The summed E-state index contributed by atoms with van der Waals surface area (Å²) in [6, 6.07) is 0. The molecule has 13 heavy (non-hydrogen) atoms. The number of nitrogens with two attached hydrogens (primary N) is 1. The Kier molecular flexibility index (Phi) is 1.93. The van der Waals surface area contributed by atoms with Crippen LogP contribution in [0.1, 0.15) is 0 Å². The molecular formula is C6H7N3O4. The van der Waals surface area contributed by atoms with Crippen LogP contribution < -0.4 is 11.1 Å². The van der Waals surface area contributed by atoms with Gasteiger partial charge in [-0.25, -0.2) is 0 Å². The average molecular weight is 185 g/mol. The Hall–Kier alpha value is -2.05. The van der Waals surface area contributed by atoms with Crippen molar-refractivity contribution < 1.29 is 14.8 Å². The monoisotopic (exact) mass is 185 g/mol. The van der Waals surface area contributed by atoms with E-state index in [0.717, 1.165) is 12.3 Å². The number of dihydropyridines is 1. The Morgan fingerprint density at radius 1 is 1.77 bits per heavy atom. The molecule has 1 rings (SSSR count). The third kappa shape index (κ3) is 1.10. The van der Waals surface area contributed by atoms with Crippen molar-refractivity contribution in [2.24, 2.45) is 5.73 Å². The standard InChI is InChI=1S/C6H7N3O4/c7-5(11)6(9(12)13)4(10)2-1-3-8-6/h1-3,8,10H,(H2,7,11). The summed E-state index contributed by atoms with van der Waals surface area (Å²) in [5.41, 5.74) is 2.39. The number of aliphatic hydroxyl groups is 1.